The van der Waals surface area contributed by atoms with Crippen LogP contribution in [0.3, 0.4) is 0 Å². The van der Waals surface area contributed by atoms with Crippen molar-refractivity contribution < 1.29 is 0 Å². The van der Waals surface area contributed by atoms with Gasteiger partial charge in [0.2, 0.25) is 0 Å². The summed E-state index contributed by atoms with van der Waals surface area (Å²) in [5.74, 6) is 0. The van der Waals surface area contributed by atoms with Crippen LogP contribution in [0.15, 0.2) is 146 Å². The van der Waals surface area contributed by atoms with Crippen molar-refractivity contribution >= 4 is 90.3 Å². The molecule has 6 heterocycles. The van der Waals surface area contributed by atoms with Crippen LogP contribution in [0.4, 0.5) is 0 Å². The fourth-order valence-electron chi connectivity index (χ4n) is 10.1. The molecule has 0 fully saturated rings. The van der Waals surface area contributed by atoms with Crippen LogP contribution in [0.5, 0.6) is 0 Å². The lowest BCUT2D eigenvalue weighted by molar-refractivity contribution is 1.07. The molecule has 4 nitrogen and oxygen atoms in total. The molecule has 0 N–H and O–H groups in total. The minimum absolute atomic E-state index is 0.100. The van der Waals surface area contributed by atoms with Gasteiger partial charge in [0.15, 0.2) is 0 Å². The van der Waals surface area contributed by atoms with Crippen molar-refractivity contribution in [2.24, 2.45) is 0 Å². The number of hydrogen-bond donors (Lipinski definition) is 0. The molecule has 7 aromatic carbocycles. The van der Waals surface area contributed by atoms with E-state index < -0.39 is 0 Å². The van der Waals surface area contributed by atoms with Crippen molar-refractivity contribution in [2.75, 3.05) is 0 Å². The number of hydrogen-bond acceptors (Lipinski definition) is 0. The zero-order valence-corrected chi connectivity index (χ0v) is 25.8. The Bertz CT molecular complexity index is 2640. The van der Waals surface area contributed by atoms with E-state index >= 15 is 0 Å². The molecule has 4 aliphatic heterocycles. The molecule has 6 heteroatoms. The molecule has 0 saturated heterocycles. The lowest BCUT2D eigenvalue weighted by atomic mass is 9.31. The number of aromatic nitrogens is 4. The number of fused-ring (bicyclic) bond motifs is 18. The average Bonchev–Trinajstić information content (AvgIpc) is 3.16. The Kier molecular flexibility index (Phi) is 4.04. The van der Waals surface area contributed by atoms with Crippen molar-refractivity contribution in [2.45, 2.75) is 0 Å². The quantitative estimate of drug-likeness (QED) is 0.174. The van der Waals surface area contributed by atoms with Crippen molar-refractivity contribution in [1.29, 1.82) is 0 Å². The number of nitrogens with zero attached hydrogens (tertiary/aromatic N) is 4. The van der Waals surface area contributed by atoms with Gasteiger partial charge in [-0.3, -0.25) is 0 Å². The van der Waals surface area contributed by atoms with E-state index in [9.17, 15) is 0 Å². The molecular weight excluding hydrogens is 582 g/mol. The van der Waals surface area contributed by atoms with Crippen LogP contribution < -0.4 is 32.8 Å². The van der Waals surface area contributed by atoms with Gasteiger partial charge in [0.05, 0.1) is 44.1 Å². The van der Waals surface area contributed by atoms with Crippen molar-refractivity contribution in [3.8, 4) is 22.7 Å². The lowest BCUT2D eigenvalue weighted by Crippen LogP contribution is -2.64. The average molecular weight is 606 g/mol. The molecule has 48 heavy (non-hydrogen) atoms. The monoisotopic (exact) mass is 606 g/mol. The number of rotatable bonds is 0. The van der Waals surface area contributed by atoms with E-state index in [1.54, 1.807) is 0 Å². The molecule has 218 valence electrons. The highest BCUT2D eigenvalue weighted by Gasteiger charge is 2.47. The van der Waals surface area contributed by atoms with E-state index in [2.05, 4.69) is 164 Å². The van der Waals surface area contributed by atoms with Crippen LogP contribution in [-0.2, 0) is 0 Å². The Morgan fingerprint density at radius 1 is 0.271 bits per heavy atom. The smallest absolute Gasteiger partial charge is 0.252 e. The molecule has 0 amide bonds. The van der Waals surface area contributed by atoms with E-state index in [1.165, 1.54) is 99.7 Å². The maximum Gasteiger partial charge on any atom is 0.252 e. The van der Waals surface area contributed by atoms with Crippen LogP contribution in [0.2, 0.25) is 0 Å². The lowest BCUT2D eigenvalue weighted by Gasteiger charge is -2.43. The molecule has 0 unspecified atom stereocenters. The third-order valence-corrected chi connectivity index (χ3v) is 11.6. The van der Waals surface area contributed by atoms with Crippen molar-refractivity contribution in [3.05, 3.63) is 146 Å². The molecule has 0 radical (unpaired) electrons. The van der Waals surface area contributed by atoms with E-state index in [0.717, 1.165) is 0 Å². The number of para-hydroxylation sites is 8. The Hall–Kier alpha value is -6.13. The van der Waals surface area contributed by atoms with Crippen molar-refractivity contribution in [3.63, 3.8) is 0 Å². The Morgan fingerprint density at radius 3 is 0.771 bits per heavy atom. The van der Waals surface area contributed by atoms with Gasteiger partial charge in [-0.15, -0.1) is 0 Å². The fraction of sp³-hybridized carbons (Fsp3) is 0. The topological polar surface area (TPSA) is 19.7 Å². The van der Waals surface area contributed by atoms with Crippen LogP contribution in [0, 0.1) is 0 Å². The summed E-state index contributed by atoms with van der Waals surface area (Å²) in [6.45, 7) is 0.201. The van der Waals surface area contributed by atoms with E-state index in [4.69, 9.17) is 0 Å². The predicted molar refractivity (Wildman–Crippen MR) is 201 cm³/mol. The van der Waals surface area contributed by atoms with Crippen molar-refractivity contribution in [1.82, 2.24) is 18.3 Å². The highest BCUT2D eigenvalue weighted by atomic mass is 15.1. The number of benzene rings is 7. The van der Waals surface area contributed by atoms with E-state index in [1.807, 2.05) is 0 Å². The summed E-state index contributed by atoms with van der Waals surface area (Å²) < 4.78 is 10.4. The molecule has 0 spiro atoms. The van der Waals surface area contributed by atoms with Gasteiger partial charge in [0.25, 0.3) is 13.4 Å². The minimum Gasteiger partial charge on any atom is -0.307 e. The Labute approximate surface area is 276 Å². The molecular formula is C42H24B2N4. The first-order valence-corrected chi connectivity index (χ1v) is 16.9. The highest BCUT2D eigenvalue weighted by Crippen LogP contribution is 2.40. The molecule has 13 rings (SSSR count). The molecule has 0 aliphatic carbocycles. The maximum absolute atomic E-state index is 2.60. The van der Waals surface area contributed by atoms with E-state index in [0.29, 0.717) is 0 Å². The summed E-state index contributed by atoms with van der Waals surface area (Å²) in [5, 5.41) is 0. The summed E-state index contributed by atoms with van der Waals surface area (Å²) >= 11 is 0. The van der Waals surface area contributed by atoms with Gasteiger partial charge in [-0.2, -0.15) is 0 Å². The second kappa shape index (κ2) is 8.04. The van der Waals surface area contributed by atoms with Gasteiger partial charge in [-0.05, 0) is 81.3 Å². The van der Waals surface area contributed by atoms with Crippen LogP contribution in [0.25, 0.3) is 66.9 Å². The van der Waals surface area contributed by atoms with Gasteiger partial charge in [0.1, 0.15) is 0 Å². The predicted octanol–water partition coefficient (Wildman–Crippen LogP) is 4.87. The van der Waals surface area contributed by atoms with Gasteiger partial charge in [-0.1, -0.05) is 97.1 Å². The van der Waals surface area contributed by atoms with Crippen LogP contribution >= 0.6 is 0 Å². The first-order chi connectivity index (χ1) is 23.9. The molecule has 9 aromatic rings. The second-order valence-electron chi connectivity index (χ2n) is 13.6. The molecule has 4 aliphatic rings. The van der Waals surface area contributed by atoms with Gasteiger partial charge >= 0.3 is 0 Å². The second-order valence-corrected chi connectivity index (χ2v) is 13.6. The Balaban J connectivity index is 1.47. The standard InChI is InChI=1S/C42H24B2N4/c1-5-17-29-25(13-1)43-26-14-2-6-18-30(26)46-35-23-11-12-24-36(35)48-32-20-8-4-16-28(32)44-27-15-3-7-19-31(27)47-34-22-10-9-21-33(34)45(29)39-37(43)40(46)42(48)38(44)41(39)47/h1-24H. The zero-order chi connectivity index (χ0) is 30.8. The van der Waals surface area contributed by atoms with Crippen LogP contribution in [0.1, 0.15) is 0 Å². The largest absolute Gasteiger partial charge is 0.307 e. The zero-order valence-electron chi connectivity index (χ0n) is 25.8. The highest BCUT2D eigenvalue weighted by molar-refractivity contribution is 7.03. The van der Waals surface area contributed by atoms with Gasteiger partial charge in [0, 0.05) is 22.7 Å². The summed E-state index contributed by atoms with van der Waals surface area (Å²) in [4.78, 5) is 0. The third-order valence-electron chi connectivity index (χ3n) is 11.6. The summed E-state index contributed by atoms with van der Waals surface area (Å²) in [6, 6.07) is 54.6. The SMILES string of the molecule is c1ccc2c(c1)B1c3ccccc3-n3c4ccccc4n4c5c6c7c(c1c53)n-2c1ccccc1n7-c1ccccc1B6c1ccccc1-4. The third kappa shape index (κ3) is 2.48. The van der Waals surface area contributed by atoms with E-state index in [-0.39, 0.29) is 13.4 Å². The maximum atomic E-state index is 2.60. The minimum atomic E-state index is 0.100. The summed E-state index contributed by atoms with van der Waals surface area (Å²) in [7, 11) is 0. The first-order valence-electron chi connectivity index (χ1n) is 16.9. The van der Waals surface area contributed by atoms with Gasteiger partial charge in [-0.25, -0.2) is 0 Å². The Morgan fingerprint density at radius 2 is 0.500 bits per heavy atom. The summed E-state index contributed by atoms with van der Waals surface area (Å²) in [5.41, 5.74) is 23.5. The normalized spacial score (nSPS) is 13.8. The van der Waals surface area contributed by atoms with Crippen LogP contribution in [-0.4, -0.2) is 31.7 Å². The van der Waals surface area contributed by atoms with Gasteiger partial charge < -0.3 is 18.3 Å². The molecule has 0 bridgehead atoms. The molecule has 0 saturated carbocycles. The molecule has 0 atom stereocenters. The summed E-state index contributed by atoms with van der Waals surface area (Å²) in [6.07, 6.45) is 0. The first kappa shape index (κ1) is 24.1. The molecule has 2 aromatic heterocycles. The fourth-order valence-corrected chi connectivity index (χ4v) is 10.1.